The molecular weight excluding hydrogens is 371 g/mol. The van der Waals surface area contributed by atoms with Crippen molar-refractivity contribution in [2.45, 2.75) is 51.4 Å². The van der Waals surface area contributed by atoms with Gasteiger partial charge in [-0.15, -0.1) is 11.3 Å². The van der Waals surface area contributed by atoms with Crippen LogP contribution in [0.1, 0.15) is 47.4 Å². The van der Waals surface area contributed by atoms with Crippen LogP contribution < -0.4 is 0 Å². The van der Waals surface area contributed by atoms with Gasteiger partial charge >= 0.3 is 0 Å². The molecule has 1 saturated heterocycles. The molecule has 0 radical (unpaired) electrons. The molecule has 2 heterocycles. The molecule has 146 valence electrons. The van der Waals surface area contributed by atoms with Crippen LogP contribution >= 0.6 is 11.3 Å². The van der Waals surface area contributed by atoms with E-state index in [1.165, 1.54) is 28.1 Å². The Hall–Kier alpha value is -2.01. The van der Waals surface area contributed by atoms with Crippen LogP contribution in [0, 0.1) is 12.7 Å². The fraction of sp³-hybridized carbons (Fsp3) is 0.333. The number of rotatable bonds is 4. The van der Waals surface area contributed by atoms with Gasteiger partial charge in [0, 0.05) is 16.2 Å². The molecule has 0 saturated carbocycles. The lowest BCUT2D eigenvalue weighted by Crippen LogP contribution is -2.31. The molecule has 2 aromatic carbocycles. The van der Waals surface area contributed by atoms with Gasteiger partial charge in [-0.25, -0.2) is 4.39 Å². The van der Waals surface area contributed by atoms with Crippen LogP contribution in [0.5, 0.6) is 0 Å². The second-order valence-corrected chi connectivity index (χ2v) is 8.82. The zero-order chi connectivity index (χ0) is 19.7. The molecule has 1 aliphatic heterocycles. The summed E-state index contributed by atoms with van der Waals surface area (Å²) >= 11 is 1.73. The van der Waals surface area contributed by atoms with Crippen LogP contribution in [-0.4, -0.2) is 17.3 Å². The summed E-state index contributed by atoms with van der Waals surface area (Å²) in [5.74, 6) is -0.214. The van der Waals surface area contributed by atoms with Crippen molar-refractivity contribution in [3.05, 3.63) is 82.0 Å². The number of halogens is 1. The summed E-state index contributed by atoms with van der Waals surface area (Å²) in [6.07, 6.45) is 2.00. The summed E-state index contributed by atoms with van der Waals surface area (Å²) in [4.78, 5) is 2.40. The molecule has 4 rings (SSSR count). The summed E-state index contributed by atoms with van der Waals surface area (Å²) in [5, 5.41) is 10.4. The molecule has 4 heteroatoms. The van der Waals surface area contributed by atoms with Crippen LogP contribution in [0.2, 0.25) is 0 Å². The minimum absolute atomic E-state index is 0.175. The van der Waals surface area contributed by atoms with E-state index in [0.29, 0.717) is 0 Å². The van der Waals surface area contributed by atoms with Gasteiger partial charge in [0.05, 0.1) is 12.2 Å². The number of aliphatic hydroxyl groups is 1. The van der Waals surface area contributed by atoms with Gasteiger partial charge in [0.25, 0.3) is 0 Å². The molecular formula is C24H25FO2S. The fourth-order valence-electron chi connectivity index (χ4n) is 3.76. The Morgan fingerprint density at radius 1 is 1.07 bits per heavy atom. The van der Waals surface area contributed by atoms with Crippen LogP contribution in [0.4, 0.5) is 4.39 Å². The van der Waals surface area contributed by atoms with Gasteiger partial charge in [-0.05, 0) is 73.2 Å². The molecule has 28 heavy (non-hydrogen) atoms. The number of aryl methyl sites for hydroxylation is 1. The number of thiophene rings is 1. The van der Waals surface area contributed by atoms with Crippen molar-refractivity contribution in [2.75, 3.05) is 0 Å². The maximum absolute atomic E-state index is 13.2. The van der Waals surface area contributed by atoms with E-state index in [-0.39, 0.29) is 18.0 Å². The summed E-state index contributed by atoms with van der Waals surface area (Å²) in [5.41, 5.74) is 4.57. The Labute approximate surface area is 169 Å². The van der Waals surface area contributed by atoms with Crippen molar-refractivity contribution in [3.8, 4) is 10.4 Å². The highest BCUT2D eigenvalue weighted by molar-refractivity contribution is 7.15. The second-order valence-electron chi connectivity index (χ2n) is 7.65. The first kappa shape index (κ1) is 19.3. The molecule has 1 N–H and O–H groups in total. The largest absolute Gasteiger partial charge is 0.390 e. The molecule has 1 aromatic heterocycles. The van der Waals surface area contributed by atoms with Crippen molar-refractivity contribution in [1.82, 2.24) is 0 Å². The maximum atomic E-state index is 13.2. The van der Waals surface area contributed by atoms with Crippen molar-refractivity contribution >= 4 is 11.3 Å². The van der Waals surface area contributed by atoms with E-state index in [1.54, 1.807) is 11.3 Å². The smallest absolute Gasteiger partial charge is 0.123 e. The van der Waals surface area contributed by atoms with Gasteiger partial charge in [-0.1, -0.05) is 30.3 Å². The van der Waals surface area contributed by atoms with E-state index in [2.05, 4.69) is 44.2 Å². The average Bonchev–Trinajstić information content (AvgIpc) is 3.15. The van der Waals surface area contributed by atoms with E-state index in [4.69, 9.17) is 4.74 Å². The fourth-order valence-corrected chi connectivity index (χ4v) is 4.79. The molecule has 0 aliphatic carbocycles. The summed E-state index contributed by atoms with van der Waals surface area (Å²) in [6, 6.07) is 17.2. The Kier molecular flexibility index (Phi) is 5.63. The highest BCUT2D eigenvalue weighted by atomic mass is 32.1. The molecule has 1 fully saturated rings. The van der Waals surface area contributed by atoms with Gasteiger partial charge in [0.15, 0.2) is 0 Å². The minimum Gasteiger partial charge on any atom is -0.390 e. The second kappa shape index (κ2) is 8.16. The lowest BCUT2D eigenvalue weighted by Gasteiger charge is -2.33. The standard InChI is InChI=1S/C24H25FO2S/c1-15-3-5-18(24-22(26)11-4-16(2)27-24)13-19(15)14-21-10-12-23(28-21)17-6-8-20(25)9-7-17/h3,5-10,12-13,16,22,24,26H,4,11,14H2,1-2H3. The number of aliphatic hydroxyl groups excluding tert-OH is 1. The van der Waals surface area contributed by atoms with Crippen LogP contribution in [0.3, 0.4) is 0 Å². The third-order valence-electron chi connectivity index (χ3n) is 5.45. The predicted molar refractivity (Wildman–Crippen MR) is 112 cm³/mol. The van der Waals surface area contributed by atoms with E-state index in [1.807, 2.05) is 12.1 Å². The Morgan fingerprint density at radius 3 is 2.64 bits per heavy atom. The maximum Gasteiger partial charge on any atom is 0.123 e. The number of hydrogen-bond acceptors (Lipinski definition) is 3. The van der Waals surface area contributed by atoms with Crippen molar-refractivity contribution in [1.29, 1.82) is 0 Å². The topological polar surface area (TPSA) is 29.5 Å². The summed E-state index contributed by atoms with van der Waals surface area (Å²) in [6.45, 7) is 4.19. The van der Waals surface area contributed by atoms with E-state index >= 15 is 0 Å². The summed E-state index contributed by atoms with van der Waals surface area (Å²) < 4.78 is 19.2. The highest BCUT2D eigenvalue weighted by Crippen LogP contribution is 2.34. The predicted octanol–water partition coefficient (Wildman–Crippen LogP) is 6.05. The molecule has 1 aliphatic rings. The zero-order valence-electron chi connectivity index (χ0n) is 16.2. The van der Waals surface area contributed by atoms with Crippen LogP contribution in [0.15, 0.2) is 54.6 Å². The lowest BCUT2D eigenvalue weighted by molar-refractivity contribution is -0.113. The van der Waals surface area contributed by atoms with Gasteiger partial charge < -0.3 is 9.84 Å². The number of ether oxygens (including phenoxy) is 1. The number of benzene rings is 2. The molecule has 2 nitrogen and oxygen atoms in total. The lowest BCUT2D eigenvalue weighted by atomic mass is 9.93. The van der Waals surface area contributed by atoms with Crippen molar-refractivity contribution in [2.24, 2.45) is 0 Å². The van der Waals surface area contributed by atoms with E-state index in [0.717, 1.165) is 35.3 Å². The highest BCUT2D eigenvalue weighted by Gasteiger charge is 2.29. The molecule has 0 bridgehead atoms. The minimum atomic E-state index is -0.446. The molecule has 0 spiro atoms. The quantitative estimate of drug-likeness (QED) is 0.581. The van der Waals surface area contributed by atoms with E-state index in [9.17, 15) is 9.50 Å². The molecule has 0 amide bonds. The van der Waals surface area contributed by atoms with Gasteiger partial charge in [-0.3, -0.25) is 0 Å². The van der Waals surface area contributed by atoms with Gasteiger partial charge in [-0.2, -0.15) is 0 Å². The van der Waals surface area contributed by atoms with E-state index < -0.39 is 6.10 Å². The summed E-state index contributed by atoms with van der Waals surface area (Å²) in [7, 11) is 0. The van der Waals surface area contributed by atoms with Crippen LogP contribution in [0.25, 0.3) is 10.4 Å². The Bertz CT molecular complexity index is 947. The third-order valence-corrected chi connectivity index (χ3v) is 6.59. The Morgan fingerprint density at radius 2 is 1.86 bits per heavy atom. The monoisotopic (exact) mass is 396 g/mol. The average molecular weight is 397 g/mol. The normalized spacial score (nSPS) is 22.4. The Balaban J connectivity index is 1.56. The van der Waals surface area contributed by atoms with Gasteiger partial charge in [0.1, 0.15) is 11.9 Å². The third kappa shape index (κ3) is 4.19. The molecule has 3 unspecified atom stereocenters. The first-order valence-corrected chi connectivity index (χ1v) is 10.6. The first-order chi connectivity index (χ1) is 13.5. The number of hydrogen-bond donors (Lipinski definition) is 1. The van der Waals surface area contributed by atoms with Gasteiger partial charge in [0.2, 0.25) is 0 Å². The van der Waals surface area contributed by atoms with Crippen molar-refractivity contribution in [3.63, 3.8) is 0 Å². The SMILES string of the molecule is Cc1ccc(C2OC(C)CCC2O)cc1Cc1ccc(-c2ccc(F)cc2)s1. The van der Waals surface area contributed by atoms with Crippen molar-refractivity contribution < 1.29 is 14.2 Å². The van der Waals surface area contributed by atoms with Crippen LogP contribution in [-0.2, 0) is 11.2 Å². The molecule has 3 atom stereocenters. The zero-order valence-corrected chi connectivity index (χ0v) is 17.0. The molecule has 3 aromatic rings. The first-order valence-electron chi connectivity index (χ1n) is 9.77.